The lowest BCUT2D eigenvalue weighted by molar-refractivity contribution is -0.139. The topological polar surface area (TPSA) is 105 Å². The number of sulfonamides is 1. The molecule has 0 saturated carbocycles. The van der Waals surface area contributed by atoms with Gasteiger partial charge < -0.3 is 15.4 Å². The Morgan fingerprint density at radius 2 is 1.70 bits per heavy atom. The number of rotatable bonds is 7. The lowest BCUT2D eigenvalue weighted by atomic mass is 10.1. The first-order chi connectivity index (χ1) is 14.4. The molecule has 0 unspecified atom stereocenters. The molecule has 0 bridgehead atoms. The second kappa shape index (κ2) is 9.79. The van der Waals surface area contributed by atoms with Crippen LogP contribution in [-0.2, 0) is 30.8 Å². The first kappa shape index (κ1) is 21.9. The van der Waals surface area contributed by atoms with Gasteiger partial charge in [0.1, 0.15) is 12.0 Å². The highest BCUT2D eigenvalue weighted by Crippen LogP contribution is 2.22. The summed E-state index contributed by atoms with van der Waals surface area (Å²) in [4.78, 5) is 23.9. The lowest BCUT2D eigenvalue weighted by Crippen LogP contribution is -2.47. The fraction of sp³-hybridized carbons (Fsp3) is 0.300. The Bertz CT molecular complexity index is 983. The Labute approximate surface area is 174 Å². The highest BCUT2D eigenvalue weighted by atomic mass is 32.2. The lowest BCUT2D eigenvalue weighted by Gasteiger charge is -2.22. The van der Waals surface area contributed by atoms with E-state index < -0.39 is 33.9 Å². The summed E-state index contributed by atoms with van der Waals surface area (Å²) < 4.78 is 45.0. The number of hydrogen-bond acceptors (Lipinski definition) is 5. The molecule has 30 heavy (non-hydrogen) atoms. The highest BCUT2D eigenvalue weighted by Gasteiger charge is 2.36. The standard InChI is InChI=1S/C20H22FN3O5S/c21-16-6-8-17(9-7-16)30(27,28)24-12-13-29-18(24)14-23-20(26)19(25)22-11-10-15-4-2-1-3-5-15/h1-9,18H,10-14H2,(H,22,25)(H,23,26)/t18-/m0/s1. The van der Waals surface area contributed by atoms with Crippen LogP contribution in [0.4, 0.5) is 4.39 Å². The number of hydrogen-bond donors (Lipinski definition) is 2. The van der Waals surface area contributed by atoms with E-state index in [2.05, 4.69) is 10.6 Å². The van der Waals surface area contributed by atoms with Gasteiger partial charge in [-0.15, -0.1) is 0 Å². The molecule has 0 aliphatic carbocycles. The van der Waals surface area contributed by atoms with Gasteiger partial charge in [0.05, 0.1) is 18.0 Å². The zero-order valence-electron chi connectivity index (χ0n) is 16.1. The highest BCUT2D eigenvalue weighted by molar-refractivity contribution is 7.89. The molecule has 0 radical (unpaired) electrons. The van der Waals surface area contributed by atoms with E-state index in [0.717, 1.165) is 22.0 Å². The Kier molecular flexibility index (Phi) is 7.14. The van der Waals surface area contributed by atoms with Crippen molar-refractivity contribution in [2.45, 2.75) is 17.5 Å². The molecule has 0 aromatic heterocycles. The van der Waals surface area contributed by atoms with Gasteiger partial charge in [-0.1, -0.05) is 30.3 Å². The third-order valence-electron chi connectivity index (χ3n) is 4.55. The summed E-state index contributed by atoms with van der Waals surface area (Å²) >= 11 is 0. The fourth-order valence-electron chi connectivity index (χ4n) is 2.99. The Morgan fingerprint density at radius 1 is 1.03 bits per heavy atom. The van der Waals surface area contributed by atoms with E-state index in [9.17, 15) is 22.4 Å². The average Bonchev–Trinajstić information content (AvgIpc) is 3.22. The molecule has 160 valence electrons. The molecule has 2 amide bonds. The van der Waals surface area contributed by atoms with Crippen molar-refractivity contribution in [1.82, 2.24) is 14.9 Å². The van der Waals surface area contributed by atoms with E-state index in [0.29, 0.717) is 13.0 Å². The third kappa shape index (κ3) is 5.41. The van der Waals surface area contributed by atoms with Gasteiger partial charge in [0, 0.05) is 13.1 Å². The molecule has 8 nitrogen and oxygen atoms in total. The minimum atomic E-state index is -3.93. The van der Waals surface area contributed by atoms with Gasteiger partial charge in [-0.2, -0.15) is 4.31 Å². The summed E-state index contributed by atoms with van der Waals surface area (Å²) in [6.45, 7) is 0.334. The normalized spacial score (nSPS) is 16.9. The molecule has 1 fully saturated rings. The summed E-state index contributed by atoms with van der Waals surface area (Å²) in [5, 5.41) is 4.91. The Hall–Kier alpha value is -2.82. The average molecular weight is 435 g/mol. The second-order valence-electron chi connectivity index (χ2n) is 6.60. The van der Waals surface area contributed by atoms with Crippen molar-refractivity contribution in [3.8, 4) is 0 Å². The van der Waals surface area contributed by atoms with Gasteiger partial charge in [0.25, 0.3) is 0 Å². The van der Waals surface area contributed by atoms with Crippen molar-refractivity contribution in [2.75, 3.05) is 26.2 Å². The maximum Gasteiger partial charge on any atom is 0.309 e. The Balaban J connectivity index is 1.50. The minimum absolute atomic E-state index is 0.0793. The molecule has 1 aliphatic rings. The molecule has 1 heterocycles. The monoisotopic (exact) mass is 435 g/mol. The molecule has 2 aromatic carbocycles. The number of amides is 2. The van der Waals surface area contributed by atoms with Crippen molar-refractivity contribution < 1.29 is 27.1 Å². The first-order valence-electron chi connectivity index (χ1n) is 9.37. The van der Waals surface area contributed by atoms with Crippen molar-refractivity contribution in [3.05, 3.63) is 66.0 Å². The zero-order valence-corrected chi connectivity index (χ0v) is 16.9. The molecule has 2 aromatic rings. The molecular formula is C20H22FN3O5S. The van der Waals surface area contributed by atoms with E-state index >= 15 is 0 Å². The molecule has 0 spiro atoms. The molecule has 3 rings (SSSR count). The summed E-state index contributed by atoms with van der Waals surface area (Å²) in [6.07, 6.45) is -0.379. The molecule has 1 atom stereocenters. The van der Waals surface area contributed by atoms with Crippen LogP contribution in [0.15, 0.2) is 59.5 Å². The summed E-state index contributed by atoms with van der Waals surface area (Å²) in [6, 6.07) is 13.9. The SMILES string of the molecule is O=C(NCCc1ccccc1)C(=O)NC[C@@H]1OCCN1S(=O)(=O)c1ccc(F)cc1. The summed E-state index contributed by atoms with van der Waals surface area (Å²) in [5.41, 5.74) is 1.03. The number of ether oxygens (including phenoxy) is 1. The van der Waals surface area contributed by atoms with Crippen LogP contribution in [0, 0.1) is 5.82 Å². The van der Waals surface area contributed by atoms with Gasteiger partial charge in [-0.05, 0) is 36.2 Å². The van der Waals surface area contributed by atoms with Crippen LogP contribution in [0.5, 0.6) is 0 Å². The van der Waals surface area contributed by atoms with Gasteiger partial charge in [-0.25, -0.2) is 12.8 Å². The fourth-order valence-corrected chi connectivity index (χ4v) is 4.50. The van der Waals surface area contributed by atoms with Crippen LogP contribution in [-0.4, -0.2) is 57.0 Å². The van der Waals surface area contributed by atoms with Gasteiger partial charge in [0.15, 0.2) is 0 Å². The van der Waals surface area contributed by atoms with E-state index in [1.807, 2.05) is 30.3 Å². The number of carbonyl (C=O) groups is 2. The minimum Gasteiger partial charge on any atom is -0.359 e. The van der Waals surface area contributed by atoms with E-state index in [-0.39, 0.29) is 24.6 Å². The van der Waals surface area contributed by atoms with Crippen LogP contribution in [0.2, 0.25) is 0 Å². The molecular weight excluding hydrogens is 413 g/mol. The number of nitrogens with one attached hydrogen (secondary N) is 2. The second-order valence-corrected chi connectivity index (χ2v) is 8.49. The Morgan fingerprint density at radius 3 is 2.40 bits per heavy atom. The van der Waals surface area contributed by atoms with E-state index in [4.69, 9.17) is 4.74 Å². The number of nitrogens with zero attached hydrogens (tertiary/aromatic N) is 1. The quantitative estimate of drug-likeness (QED) is 0.622. The largest absolute Gasteiger partial charge is 0.359 e. The van der Waals surface area contributed by atoms with Crippen molar-refractivity contribution in [2.24, 2.45) is 0 Å². The maximum absolute atomic E-state index is 13.1. The van der Waals surface area contributed by atoms with Gasteiger partial charge in [0.2, 0.25) is 10.0 Å². The van der Waals surface area contributed by atoms with E-state index in [1.54, 1.807) is 0 Å². The van der Waals surface area contributed by atoms with E-state index in [1.165, 1.54) is 12.1 Å². The molecule has 1 aliphatic heterocycles. The predicted octanol–water partition coefficient (Wildman–Crippen LogP) is 0.648. The summed E-state index contributed by atoms with van der Waals surface area (Å²) in [7, 11) is -3.93. The number of benzene rings is 2. The molecule has 10 heteroatoms. The van der Waals surface area contributed by atoms with Crippen LogP contribution < -0.4 is 10.6 Å². The third-order valence-corrected chi connectivity index (χ3v) is 6.45. The van der Waals surface area contributed by atoms with Crippen LogP contribution in [0.3, 0.4) is 0 Å². The first-order valence-corrected chi connectivity index (χ1v) is 10.8. The zero-order chi connectivity index (χ0) is 21.6. The van der Waals surface area contributed by atoms with Crippen LogP contribution in [0.1, 0.15) is 5.56 Å². The maximum atomic E-state index is 13.1. The molecule has 1 saturated heterocycles. The van der Waals surface area contributed by atoms with Crippen LogP contribution in [0.25, 0.3) is 0 Å². The molecule has 2 N–H and O–H groups in total. The van der Waals surface area contributed by atoms with Crippen LogP contribution >= 0.6 is 0 Å². The van der Waals surface area contributed by atoms with Gasteiger partial charge >= 0.3 is 11.8 Å². The van der Waals surface area contributed by atoms with Crippen molar-refractivity contribution in [3.63, 3.8) is 0 Å². The smallest absolute Gasteiger partial charge is 0.309 e. The predicted molar refractivity (Wildman–Crippen MR) is 106 cm³/mol. The summed E-state index contributed by atoms with van der Waals surface area (Å²) in [5.74, 6) is -2.23. The van der Waals surface area contributed by atoms with Crippen molar-refractivity contribution >= 4 is 21.8 Å². The number of halogens is 1. The van der Waals surface area contributed by atoms with Crippen molar-refractivity contribution in [1.29, 1.82) is 0 Å². The van der Waals surface area contributed by atoms with Gasteiger partial charge in [-0.3, -0.25) is 9.59 Å². The number of carbonyl (C=O) groups excluding carboxylic acids is 2.